The maximum absolute atomic E-state index is 6.06. The second kappa shape index (κ2) is 7.34. The van der Waals surface area contributed by atoms with E-state index in [4.69, 9.17) is 27.9 Å². The SMILES string of the molecule is CNC1CCCN(CCOc2ccc(Cl)cc2Cl)C1. The summed E-state index contributed by atoms with van der Waals surface area (Å²) in [5.41, 5.74) is 0. The molecule has 2 rings (SSSR count). The molecule has 0 aromatic heterocycles. The first kappa shape index (κ1) is 14.9. The van der Waals surface area contributed by atoms with Crippen molar-refractivity contribution in [3.63, 3.8) is 0 Å². The Balaban J connectivity index is 1.76. The van der Waals surface area contributed by atoms with E-state index in [2.05, 4.69) is 10.2 Å². The van der Waals surface area contributed by atoms with Gasteiger partial charge in [-0.2, -0.15) is 0 Å². The summed E-state index contributed by atoms with van der Waals surface area (Å²) in [6.45, 7) is 3.82. The quantitative estimate of drug-likeness (QED) is 0.905. The van der Waals surface area contributed by atoms with Crippen LogP contribution in [0, 0.1) is 0 Å². The van der Waals surface area contributed by atoms with Gasteiger partial charge in [0.1, 0.15) is 12.4 Å². The van der Waals surface area contributed by atoms with Crippen molar-refractivity contribution in [2.45, 2.75) is 18.9 Å². The number of benzene rings is 1. The summed E-state index contributed by atoms with van der Waals surface area (Å²) in [7, 11) is 2.03. The lowest BCUT2D eigenvalue weighted by atomic mass is 10.1. The lowest BCUT2D eigenvalue weighted by Crippen LogP contribution is -2.45. The molecule has 0 radical (unpaired) electrons. The lowest BCUT2D eigenvalue weighted by Gasteiger charge is -2.32. The van der Waals surface area contributed by atoms with Gasteiger partial charge in [0.15, 0.2) is 0 Å². The molecule has 0 aliphatic carbocycles. The lowest BCUT2D eigenvalue weighted by molar-refractivity contribution is 0.162. The van der Waals surface area contributed by atoms with Crippen molar-refractivity contribution in [2.24, 2.45) is 0 Å². The van der Waals surface area contributed by atoms with Gasteiger partial charge in [0, 0.05) is 24.2 Å². The van der Waals surface area contributed by atoms with E-state index in [1.807, 2.05) is 13.1 Å². The van der Waals surface area contributed by atoms with Crippen molar-refractivity contribution in [1.82, 2.24) is 10.2 Å². The number of ether oxygens (including phenoxy) is 1. The molecule has 5 heteroatoms. The van der Waals surface area contributed by atoms with Crippen LogP contribution in [0.2, 0.25) is 10.0 Å². The minimum absolute atomic E-state index is 0.569. The Hall–Kier alpha value is -0.480. The predicted molar refractivity (Wildman–Crippen MR) is 80.5 cm³/mol. The predicted octanol–water partition coefficient (Wildman–Crippen LogP) is 3.06. The molecule has 1 fully saturated rings. The molecule has 1 unspecified atom stereocenters. The number of nitrogens with zero attached hydrogens (tertiary/aromatic N) is 1. The van der Waals surface area contributed by atoms with Crippen molar-refractivity contribution in [1.29, 1.82) is 0 Å². The second-order valence-corrected chi connectivity index (χ2v) is 5.70. The van der Waals surface area contributed by atoms with Gasteiger partial charge >= 0.3 is 0 Å². The van der Waals surface area contributed by atoms with Crippen LogP contribution in [0.1, 0.15) is 12.8 Å². The number of halogens is 2. The molecule has 3 nitrogen and oxygen atoms in total. The van der Waals surface area contributed by atoms with Crippen LogP contribution in [0.4, 0.5) is 0 Å². The van der Waals surface area contributed by atoms with Crippen LogP contribution in [0.15, 0.2) is 18.2 Å². The van der Waals surface area contributed by atoms with Crippen molar-refractivity contribution >= 4 is 23.2 Å². The summed E-state index contributed by atoms with van der Waals surface area (Å²) < 4.78 is 5.71. The number of rotatable bonds is 5. The van der Waals surface area contributed by atoms with Gasteiger partial charge in [-0.3, -0.25) is 4.90 Å². The third kappa shape index (κ3) is 4.53. The molecular weight excluding hydrogens is 283 g/mol. The first-order valence-electron chi connectivity index (χ1n) is 6.66. The maximum Gasteiger partial charge on any atom is 0.138 e. The summed E-state index contributed by atoms with van der Waals surface area (Å²) in [6.07, 6.45) is 2.50. The highest BCUT2D eigenvalue weighted by atomic mass is 35.5. The minimum Gasteiger partial charge on any atom is -0.491 e. The van der Waals surface area contributed by atoms with Crippen LogP contribution < -0.4 is 10.1 Å². The third-order valence-corrected chi connectivity index (χ3v) is 4.00. The molecule has 19 heavy (non-hydrogen) atoms. The number of piperidine rings is 1. The van der Waals surface area contributed by atoms with E-state index in [-0.39, 0.29) is 0 Å². The zero-order valence-electron chi connectivity index (χ0n) is 11.2. The molecule has 0 amide bonds. The number of likely N-dealkylation sites (N-methyl/N-ethyl adjacent to an activating group) is 1. The van der Waals surface area contributed by atoms with Crippen LogP contribution in [0.5, 0.6) is 5.75 Å². The van der Waals surface area contributed by atoms with Gasteiger partial charge in [-0.1, -0.05) is 23.2 Å². The first-order valence-corrected chi connectivity index (χ1v) is 7.42. The highest BCUT2D eigenvalue weighted by Crippen LogP contribution is 2.27. The van der Waals surface area contributed by atoms with Crippen LogP contribution >= 0.6 is 23.2 Å². The number of likely N-dealkylation sites (tertiary alicyclic amines) is 1. The molecule has 1 atom stereocenters. The Morgan fingerprint density at radius 2 is 2.26 bits per heavy atom. The van der Waals surface area contributed by atoms with Crippen LogP contribution in [0.25, 0.3) is 0 Å². The van der Waals surface area contributed by atoms with Crippen LogP contribution in [-0.4, -0.2) is 44.2 Å². The molecule has 1 aliphatic rings. The fourth-order valence-corrected chi connectivity index (χ4v) is 2.83. The smallest absolute Gasteiger partial charge is 0.138 e. The average Bonchev–Trinajstić information content (AvgIpc) is 2.41. The molecule has 106 valence electrons. The normalized spacial score (nSPS) is 20.5. The number of hydrogen-bond acceptors (Lipinski definition) is 3. The molecule has 0 bridgehead atoms. The van der Waals surface area contributed by atoms with Gasteiger partial charge in [-0.05, 0) is 44.6 Å². The molecule has 1 heterocycles. The fraction of sp³-hybridized carbons (Fsp3) is 0.571. The molecule has 1 aromatic rings. The van der Waals surface area contributed by atoms with E-state index in [1.54, 1.807) is 12.1 Å². The molecule has 0 spiro atoms. The number of nitrogens with one attached hydrogen (secondary N) is 1. The first-order chi connectivity index (χ1) is 9.19. The van der Waals surface area contributed by atoms with E-state index < -0.39 is 0 Å². The van der Waals surface area contributed by atoms with Gasteiger partial charge in [0.05, 0.1) is 5.02 Å². The van der Waals surface area contributed by atoms with Crippen LogP contribution in [0.3, 0.4) is 0 Å². The van der Waals surface area contributed by atoms with Crippen molar-refractivity contribution in [3.8, 4) is 5.75 Å². The molecule has 1 aromatic carbocycles. The van der Waals surface area contributed by atoms with E-state index in [0.29, 0.717) is 28.4 Å². The molecule has 0 saturated carbocycles. The van der Waals surface area contributed by atoms with Crippen molar-refractivity contribution in [3.05, 3.63) is 28.2 Å². The van der Waals surface area contributed by atoms with E-state index >= 15 is 0 Å². The van der Waals surface area contributed by atoms with Gasteiger partial charge in [-0.25, -0.2) is 0 Å². The summed E-state index contributed by atoms with van der Waals surface area (Å²) in [6, 6.07) is 5.92. The maximum atomic E-state index is 6.06. The van der Waals surface area contributed by atoms with E-state index in [9.17, 15) is 0 Å². The third-order valence-electron chi connectivity index (χ3n) is 3.47. The standard InChI is InChI=1S/C14H20Cl2N2O/c1-17-12-3-2-6-18(10-12)7-8-19-14-5-4-11(15)9-13(14)16/h4-5,9,12,17H,2-3,6-8,10H2,1H3. The Morgan fingerprint density at radius 1 is 1.42 bits per heavy atom. The fourth-order valence-electron chi connectivity index (χ4n) is 2.37. The van der Waals surface area contributed by atoms with E-state index in [0.717, 1.165) is 19.6 Å². The molecule has 1 N–H and O–H groups in total. The van der Waals surface area contributed by atoms with Gasteiger partial charge in [0.25, 0.3) is 0 Å². The summed E-state index contributed by atoms with van der Waals surface area (Å²) >= 11 is 11.9. The summed E-state index contributed by atoms with van der Waals surface area (Å²) in [4.78, 5) is 2.43. The van der Waals surface area contributed by atoms with E-state index in [1.165, 1.54) is 12.8 Å². The summed E-state index contributed by atoms with van der Waals surface area (Å²) in [5, 5.41) is 4.54. The Kier molecular flexibility index (Phi) is 5.76. The Bertz CT molecular complexity index is 414. The van der Waals surface area contributed by atoms with Gasteiger partial charge in [-0.15, -0.1) is 0 Å². The zero-order valence-corrected chi connectivity index (χ0v) is 12.7. The molecule has 1 aliphatic heterocycles. The van der Waals surface area contributed by atoms with Gasteiger partial charge < -0.3 is 10.1 Å². The Labute approximate surface area is 124 Å². The molecule has 1 saturated heterocycles. The Morgan fingerprint density at radius 3 is 3.00 bits per heavy atom. The monoisotopic (exact) mass is 302 g/mol. The average molecular weight is 303 g/mol. The van der Waals surface area contributed by atoms with Crippen molar-refractivity contribution < 1.29 is 4.74 Å². The summed E-state index contributed by atoms with van der Waals surface area (Å²) in [5.74, 6) is 0.702. The zero-order chi connectivity index (χ0) is 13.7. The molecular formula is C14H20Cl2N2O. The second-order valence-electron chi connectivity index (χ2n) is 4.85. The number of hydrogen-bond donors (Lipinski definition) is 1. The highest BCUT2D eigenvalue weighted by Gasteiger charge is 2.17. The topological polar surface area (TPSA) is 24.5 Å². The largest absolute Gasteiger partial charge is 0.491 e. The van der Waals surface area contributed by atoms with Crippen molar-refractivity contribution in [2.75, 3.05) is 33.3 Å². The highest BCUT2D eigenvalue weighted by molar-refractivity contribution is 6.35. The van der Waals surface area contributed by atoms with Gasteiger partial charge in [0.2, 0.25) is 0 Å². The minimum atomic E-state index is 0.569. The van der Waals surface area contributed by atoms with Crippen LogP contribution in [-0.2, 0) is 0 Å².